The standard InChI is InChI=1S/C12H13BrF2N2/c13-9-2-3-10(16-6-9)17-5-1-4-11(8-17)7-12(11,14)15/h2-3,6H,1,4-5,7-8H2. The van der Waals surface area contributed by atoms with Crippen LogP contribution in [-0.4, -0.2) is 24.0 Å². The van der Waals surface area contributed by atoms with Crippen LogP contribution >= 0.6 is 15.9 Å². The van der Waals surface area contributed by atoms with Crippen LogP contribution in [0.1, 0.15) is 19.3 Å². The average molecular weight is 303 g/mol. The van der Waals surface area contributed by atoms with Crippen molar-refractivity contribution in [1.29, 1.82) is 0 Å². The molecule has 1 saturated heterocycles. The number of alkyl halides is 2. The van der Waals surface area contributed by atoms with Crippen LogP contribution < -0.4 is 4.90 Å². The summed E-state index contributed by atoms with van der Waals surface area (Å²) in [6.07, 6.45) is 3.23. The molecule has 17 heavy (non-hydrogen) atoms. The van der Waals surface area contributed by atoms with Gasteiger partial charge in [0.05, 0.1) is 5.41 Å². The van der Waals surface area contributed by atoms with E-state index in [-0.39, 0.29) is 6.42 Å². The first-order chi connectivity index (χ1) is 8.02. The van der Waals surface area contributed by atoms with E-state index < -0.39 is 11.3 Å². The minimum Gasteiger partial charge on any atom is -0.356 e. The fourth-order valence-corrected chi connectivity index (χ4v) is 2.94. The van der Waals surface area contributed by atoms with Gasteiger partial charge in [-0.05, 0) is 40.9 Å². The highest BCUT2D eigenvalue weighted by atomic mass is 79.9. The first-order valence-electron chi connectivity index (χ1n) is 5.77. The zero-order valence-electron chi connectivity index (χ0n) is 9.30. The first kappa shape index (κ1) is 11.4. The van der Waals surface area contributed by atoms with Crippen LogP contribution in [0.3, 0.4) is 0 Å². The van der Waals surface area contributed by atoms with Gasteiger partial charge in [0.25, 0.3) is 5.92 Å². The molecule has 1 aromatic heterocycles. The summed E-state index contributed by atoms with van der Waals surface area (Å²) in [7, 11) is 0. The molecule has 2 nitrogen and oxygen atoms in total. The maximum absolute atomic E-state index is 13.4. The molecule has 1 unspecified atom stereocenters. The van der Waals surface area contributed by atoms with E-state index in [1.807, 2.05) is 17.0 Å². The number of nitrogens with zero attached hydrogens (tertiary/aromatic N) is 2. The topological polar surface area (TPSA) is 16.1 Å². The van der Waals surface area contributed by atoms with E-state index in [1.165, 1.54) is 0 Å². The highest BCUT2D eigenvalue weighted by Gasteiger charge is 2.71. The molecule has 0 aromatic carbocycles. The van der Waals surface area contributed by atoms with Crippen LogP contribution in [0.25, 0.3) is 0 Å². The van der Waals surface area contributed by atoms with Crippen LogP contribution in [0, 0.1) is 5.41 Å². The Morgan fingerprint density at radius 3 is 2.71 bits per heavy atom. The van der Waals surface area contributed by atoms with E-state index in [0.717, 1.165) is 23.3 Å². The molecule has 1 aliphatic heterocycles. The second-order valence-corrected chi connectivity index (χ2v) is 5.94. The number of halogens is 3. The molecule has 0 N–H and O–H groups in total. The van der Waals surface area contributed by atoms with Crippen molar-refractivity contribution in [3.8, 4) is 0 Å². The minimum atomic E-state index is -2.46. The molecule has 92 valence electrons. The monoisotopic (exact) mass is 302 g/mol. The normalized spacial score (nSPS) is 30.6. The summed E-state index contributed by atoms with van der Waals surface area (Å²) in [4.78, 5) is 6.26. The molecule has 1 atom stereocenters. The van der Waals surface area contributed by atoms with Crippen molar-refractivity contribution in [2.45, 2.75) is 25.2 Å². The van der Waals surface area contributed by atoms with Gasteiger partial charge >= 0.3 is 0 Å². The van der Waals surface area contributed by atoms with Crippen LogP contribution in [-0.2, 0) is 0 Å². The Labute approximate surface area is 107 Å². The molecule has 1 spiro atoms. The number of hydrogen-bond donors (Lipinski definition) is 0. The lowest BCUT2D eigenvalue weighted by Gasteiger charge is -2.33. The summed E-state index contributed by atoms with van der Waals surface area (Å²) < 4.78 is 27.6. The molecule has 0 radical (unpaired) electrons. The molecule has 1 saturated carbocycles. The summed E-state index contributed by atoms with van der Waals surface area (Å²) in [6.45, 7) is 1.26. The summed E-state index contributed by atoms with van der Waals surface area (Å²) >= 11 is 3.32. The number of pyridine rings is 1. The quantitative estimate of drug-likeness (QED) is 0.790. The number of hydrogen-bond acceptors (Lipinski definition) is 2. The third kappa shape index (κ3) is 1.84. The van der Waals surface area contributed by atoms with E-state index in [2.05, 4.69) is 20.9 Å². The van der Waals surface area contributed by atoms with Crippen molar-refractivity contribution in [2.24, 2.45) is 5.41 Å². The second kappa shape index (κ2) is 3.64. The summed E-state index contributed by atoms with van der Waals surface area (Å²) in [5.74, 6) is -1.66. The highest BCUT2D eigenvalue weighted by molar-refractivity contribution is 9.10. The number of anilines is 1. The Morgan fingerprint density at radius 2 is 2.12 bits per heavy atom. The van der Waals surface area contributed by atoms with Crippen molar-refractivity contribution >= 4 is 21.7 Å². The van der Waals surface area contributed by atoms with E-state index in [0.29, 0.717) is 13.0 Å². The molecule has 0 amide bonds. The predicted octanol–water partition coefficient (Wildman–Crippen LogP) is 3.47. The van der Waals surface area contributed by atoms with Gasteiger partial charge in [0.15, 0.2) is 0 Å². The lowest BCUT2D eigenvalue weighted by molar-refractivity contribution is 0.0575. The van der Waals surface area contributed by atoms with Gasteiger partial charge < -0.3 is 4.90 Å². The van der Waals surface area contributed by atoms with Crippen molar-refractivity contribution in [1.82, 2.24) is 4.98 Å². The van der Waals surface area contributed by atoms with E-state index in [9.17, 15) is 8.78 Å². The Bertz CT molecular complexity index is 435. The van der Waals surface area contributed by atoms with Gasteiger partial charge in [-0.15, -0.1) is 0 Å². The van der Waals surface area contributed by atoms with Crippen molar-refractivity contribution < 1.29 is 8.78 Å². The number of aromatic nitrogens is 1. The summed E-state index contributed by atoms with van der Waals surface area (Å²) in [5.41, 5.74) is -0.764. The molecular weight excluding hydrogens is 290 g/mol. The maximum Gasteiger partial charge on any atom is 0.256 e. The number of rotatable bonds is 1. The van der Waals surface area contributed by atoms with Crippen molar-refractivity contribution in [3.63, 3.8) is 0 Å². The molecule has 0 bridgehead atoms. The summed E-state index contributed by atoms with van der Waals surface area (Å²) in [6, 6.07) is 3.78. The number of piperidine rings is 1. The van der Waals surface area contributed by atoms with Gasteiger partial charge in [-0.2, -0.15) is 0 Å². The Morgan fingerprint density at radius 1 is 1.35 bits per heavy atom. The highest BCUT2D eigenvalue weighted by Crippen LogP contribution is 2.64. The van der Waals surface area contributed by atoms with Gasteiger partial charge in [0, 0.05) is 30.2 Å². The van der Waals surface area contributed by atoms with Gasteiger partial charge in [-0.25, -0.2) is 13.8 Å². The first-order valence-corrected chi connectivity index (χ1v) is 6.56. The smallest absolute Gasteiger partial charge is 0.256 e. The van der Waals surface area contributed by atoms with Crippen LogP contribution in [0.15, 0.2) is 22.8 Å². The molecule has 2 aliphatic rings. The predicted molar refractivity (Wildman–Crippen MR) is 65.4 cm³/mol. The third-order valence-corrected chi connectivity index (χ3v) is 4.29. The van der Waals surface area contributed by atoms with Crippen molar-refractivity contribution in [3.05, 3.63) is 22.8 Å². The van der Waals surface area contributed by atoms with Gasteiger partial charge in [0.2, 0.25) is 0 Å². The van der Waals surface area contributed by atoms with Crippen LogP contribution in [0.4, 0.5) is 14.6 Å². The lowest BCUT2D eigenvalue weighted by atomic mass is 9.94. The largest absolute Gasteiger partial charge is 0.356 e. The molecule has 3 rings (SSSR count). The summed E-state index contributed by atoms with van der Waals surface area (Å²) in [5, 5.41) is 0. The van der Waals surface area contributed by atoms with Gasteiger partial charge in [0.1, 0.15) is 5.82 Å². The Balaban J connectivity index is 1.79. The zero-order chi connectivity index (χ0) is 12.1. The fraction of sp³-hybridized carbons (Fsp3) is 0.583. The van der Waals surface area contributed by atoms with Crippen molar-refractivity contribution in [2.75, 3.05) is 18.0 Å². The maximum atomic E-state index is 13.4. The zero-order valence-corrected chi connectivity index (χ0v) is 10.9. The molecule has 1 aromatic rings. The second-order valence-electron chi connectivity index (χ2n) is 5.02. The fourth-order valence-electron chi connectivity index (χ4n) is 2.71. The van der Waals surface area contributed by atoms with E-state index in [1.54, 1.807) is 6.20 Å². The average Bonchev–Trinajstić information content (AvgIpc) is 2.80. The van der Waals surface area contributed by atoms with Crippen LogP contribution in [0.2, 0.25) is 0 Å². The van der Waals surface area contributed by atoms with E-state index >= 15 is 0 Å². The third-order valence-electron chi connectivity index (χ3n) is 3.82. The minimum absolute atomic E-state index is 0.0486. The van der Waals surface area contributed by atoms with Crippen LogP contribution in [0.5, 0.6) is 0 Å². The lowest BCUT2D eigenvalue weighted by Crippen LogP contribution is -2.39. The van der Waals surface area contributed by atoms with Gasteiger partial charge in [-0.1, -0.05) is 0 Å². The van der Waals surface area contributed by atoms with Gasteiger partial charge in [-0.3, -0.25) is 0 Å². The molecule has 5 heteroatoms. The Kier molecular flexibility index (Phi) is 2.44. The molecule has 2 heterocycles. The van der Waals surface area contributed by atoms with E-state index in [4.69, 9.17) is 0 Å². The molecular formula is C12H13BrF2N2. The molecule has 2 fully saturated rings. The molecule has 1 aliphatic carbocycles. The SMILES string of the molecule is FC1(F)CC12CCCN(c1ccc(Br)cn1)C2. The Hall–Kier alpha value is -0.710.